The first-order valence-electron chi connectivity index (χ1n) is 6.24. The second-order valence-corrected chi connectivity index (χ2v) is 5.40. The van der Waals surface area contributed by atoms with Crippen LogP contribution in [0.2, 0.25) is 0 Å². The summed E-state index contributed by atoms with van der Waals surface area (Å²) in [7, 11) is 0. The fraction of sp³-hybridized carbons (Fsp3) is 0.385. The van der Waals surface area contributed by atoms with Gasteiger partial charge in [-0.15, -0.1) is 5.10 Å². The van der Waals surface area contributed by atoms with E-state index in [0.717, 1.165) is 29.3 Å². The van der Waals surface area contributed by atoms with Crippen molar-refractivity contribution in [3.8, 4) is 17.2 Å². The topological polar surface area (TPSA) is 49.2 Å². The van der Waals surface area contributed by atoms with Crippen LogP contribution >= 0.6 is 15.9 Å². The van der Waals surface area contributed by atoms with Crippen LogP contribution in [0.5, 0.6) is 11.5 Å². The molecular formula is C13H14BrN3O2. The maximum atomic E-state index is 5.57. The van der Waals surface area contributed by atoms with Gasteiger partial charge in [-0.25, -0.2) is 4.68 Å². The average molecular weight is 324 g/mol. The van der Waals surface area contributed by atoms with E-state index in [1.54, 1.807) is 4.68 Å². The molecule has 0 bridgehead atoms. The van der Waals surface area contributed by atoms with Gasteiger partial charge in [0.25, 0.3) is 0 Å². The summed E-state index contributed by atoms with van der Waals surface area (Å²) in [5, 5.41) is 8.31. The zero-order valence-corrected chi connectivity index (χ0v) is 12.1. The van der Waals surface area contributed by atoms with E-state index in [9.17, 15) is 0 Å². The molecule has 6 heteroatoms. The average Bonchev–Trinajstić information content (AvgIpc) is 2.95. The van der Waals surface area contributed by atoms with Gasteiger partial charge in [-0.05, 0) is 18.6 Å². The van der Waals surface area contributed by atoms with Gasteiger partial charge in [0.15, 0.2) is 11.5 Å². The van der Waals surface area contributed by atoms with Gasteiger partial charge in [0.2, 0.25) is 0 Å². The number of hydrogen-bond donors (Lipinski definition) is 0. The Morgan fingerprint density at radius 2 is 2.11 bits per heavy atom. The lowest BCUT2D eigenvalue weighted by Gasteiger charge is -2.18. The maximum absolute atomic E-state index is 5.57. The van der Waals surface area contributed by atoms with Crippen molar-refractivity contribution < 1.29 is 9.47 Å². The molecule has 0 radical (unpaired) electrons. The van der Waals surface area contributed by atoms with Crippen LogP contribution in [0.3, 0.4) is 0 Å². The first-order chi connectivity index (χ1) is 9.28. The fourth-order valence-corrected chi connectivity index (χ4v) is 2.14. The highest BCUT2D eigenvalue weighted by Crippen LogP contribution is 2.32. The molecule has 5 nitrogen and oxygen atoms in total. The summed E-state index contributed by atoms with van der Waals surface area (Å²) in [5.74, 6) is 1.54. The van der Waals surface area contributed by atoms with E-state index in [4.69, 9.17) is 9.47 Å². The predicted octanol–water partition coefficient (Wildman–Crippen LogP) is 2.88. The molecule has 0 N–H and O–H groups in total. The van der Waals surface area contributed by atoms with E-state index in [2.05, 4.69) is 33.2 Å². The Kier molecular flexibility index (Phi) is 3.42. The Bertz CT molecular complexity index is 585. The van der Waals surface area contributed by atoms with Crippen molar-refractivity contribution in [3.63, 3.8) is 0 Å². The van der Waals surface area contributed by atoms with Gasteiger partial charge in [0.1, 0.15) is 13.2 Å². The molecule has 0 saturated heterocycles. The molecular weight excluding hydrogens is 310 g/mol. The monoisotopic (exact) mass is 323 g/mol. The largest absolute Gasteiger partial charge is 0.486 e. The Labute approximate surface area is 119 Å². The lowest BCUT2D eigenvalue weighted by atomic mass is 10.2. The second-order valence-electron chi connectivity index (χ2n) is 4.29. The molecule has 1 aromatic heterocycles. The van der Waals surface area contributed by atoms with E-state index < -0.39 is 0 Å². The summed E-state index contributed by atoms with van der Waals surface area (Å²) in [6.07, 6.45) is 2.90. The number of aromatic nitrogens is 3. The molecule has 0 saturated carbocycles. The van der Waals surface area contributed by atoms with E-state index in [1.807, 2.05) is 24.4 Å². The van der Waals surface area contributed by atoms with Crippen molar-refractivity contribution in [1.29, 1.82) is 0 Å². The zero-order valence-electron chi connectivity index (χ0n) is 10.5. The molecule has 2 heterocycles. The van der Waals surface area contributed by atoms with Gasteiger partial charge in [-0.2, -0.15) is 0 Å². The minimum Gasteiger partial charge on any atom is -0.486 e. The smallest absolute Gasteiger partial charge is 0.163 e. The fourth-order valence-electron chi connectivity index (χ4n) is 1.93. The minimum absolute atomic E-state index is 0.235. The molecule has 0 amide bonds. The number of benzene rings is 1. The molecule has 1 aromatic carbocycles. The number of halogens is 1. The molecule has 0 fully saturated rings. The van der Waals surface area contributed by atoms with Crippen molar-refractivity contribution in [1.82, 2.24) is 15.0 Å². The molecule has 3 rings (SSSR count). The Hall–Kier alpha value is -1.56. The summed E-state index contributed by atoms with van der Waals surface area (Å²) in [4.78, 5) is 0.235. The molecule has 0 spiro atoms. The van der Waals surface area contributed by atoms with Gasteiger partial charge < -0.3 is 9.47 Å². The molecule has 100 valence electrons. The summed E-state index contributed by atoms with van der Waals surface area (Å²) < 4.78 is 12.8. The van der Waals surface area contributed by atoms with E-state index >= 15 is 0 Å². The second kappa shape index (κ2) is 5.21. The van der Waals surface area contributed by atoms with Crippen molar-refractivity contribution >= 4 is 15.9 Å². The molecule has 2 aromatic rings. The van der Waals surface area contributed by atoms with Crippen LogP contribution in [0.1, 0.15) is 23.9 Å². The standard InChI is InChI=1S/C13H14BrN3O2/c1-2-10(14)11-8-17(16-15-11)9-3-4-12-13(7-9)19-6-5-18-12/h3-4,7-8,10H,2,5-6H2,1H3. The quantitative estimate of drug-likeness (QED) is 0.815. The lowest BCUT2D eigenvalue weighted by Crippen LogP contribution is -2.15. The highest BCUT2D eigenvalue weighted by Gasteiger charge is 2.14. The zero-order chi connectivity index (χ0) is 13.2. The SMILES string of the molecule is CCC(Br)c1cn(-c2ccc3c(c2)OCCO3)nn1. The van der Waals surface area contributed by atoms with Gasteiger partial charge in [-0.1, -0.05) is 28.1 Å². The lowest BCUT2D eigenvalue weighted by molar-refractivity contribution is 0.171. The van der Waals surface area contributed by atoms with Crippen molar-refractivity contribution in [3.05, 3.63) is 30.1 Å². The van der Waals surface area contributed by atoms with Crippen LogP contribution < -0.4 is 9.47 Å². The first-order valence-corrected chi connectivity index (χ1v) is 7.16. The Balaban J connectivity index is 1.91. The van der Waals surface area contributed by atoms with E-state index in [0.29, 0.717) is 13.2 Å². The van der Waals surface area contributed by atoms with Crippen LogP contribution in [-0.2, 0) is 0 Å². The number of nitrogens with zero attached hydrogens (tertiary/aromatic N) is 3. The third-order valence-corrected chi connectivity index (χ3v) is 4.10. The molecule has 1 atom stereocenters. The Morgan fingerprint density at radius 3 is 2.89 bits per heavy atom. The summed E-state index contributed by atoms with van der Waals surface area (Å²) in [6, 6.07) is 5.76. The van der Waals surface area contributed by atoms with Gasteiger partial charge >= 0.3 is 0 Å². The highest BCUT2D eigenvalue weighted by atomic mass is 79.9. The number of alkyl halides is 1. The normalized spacial score (nSPS) is 15.3. The third kappa shape index (κ3) is 2.45. The van der Waals surface area contributed by atoms with Crippen LogP contribution in [-0.4, -0.2) is 28.2 Å². The maximum Gasteiger partial charge on any atom is 0.163 e. The van der Waals surface area contributed by atoms with Crippen LogP contribution in [0.4, 0.5) is 0 Å². The molecule has 0 aliphatic carbocycles. The van der Waals surface area contributed by atoms with Crippen molar-refractivity contribution in [2.75, 3.05) is 13.2 Å². The van der Waals surface area contributed by atoms with Gasteiger partial charge in [0.05, 0.1) is 22.4 Å². The number of fused-ring (bicyclic) bond motifs is 1. The van der Waals surface area contributed by atoms with E-state index in [-0.39, 0.29) is 4.83 Å². The minimum atomic E-state index is 0.235. The third-order valence-electron chi connectivity index (χ3n) is 2.98. The molecule has 1 unspecified atom stereocenters. The van der Waals surface area contributed by atoms with E-state index in [1.165, 1.54) is 0 Å². The summed E-state index contributed by atoms with van der Waals surface area (Å²) in [6.45, 7) is 3.28. The Morgan fingerprint density at radius 1 is 1.32 bits per heavy atom. The number of hydrogen-bond acceptors (Lipinski definition) is 4. The molecule has 1 aliphatic heterocycles. The first kappa shape index (κ1) is 12.5. The van der Waals surface area contributed by atoms with Crippen molar-refractivity contribution in [2.24, 2.45) is 0 Å². The number of ether oxygens (including phenoxy) is 2. The van der Waals surface area contributed by atoms with Crippen molar-refractivity contribution in [2.45, 2.75) is 18.2 Å². The van der Waals surface area contributed by atoms with Gasteiger partial charge in [0, 0.05) is 6.07 Å². The predicted molar refractivity (Wildman–Crippen MR) is 74.3 cm³/mol. The summed E-state index contributed by atoms with van der Waals surface area (Å²) >= 11 is 3.57. The van der Waals surface area contributed by atoms with Gasteiger partial charge in [-0.3, -0.25) is 0 Å². The van der Waals surface area contributed by atoms with Crippen LogP contribution in [0.25, 0.3) is 5.69 Å². The molecule has 1 aliphatic rings. The number of rotatable bonds is 3. The highest BCUT2D eigenvalue weighted by molar-refractivity contribution is 9.09. The summed E-state index contributed by atoms with van der Waals surface area (Å²) in [5.41, 5.74) is 1.84. The molecule has 19 heavy (non-hydrogen) atoms. The van der Waals surface area contributed by atoms with Crippen LogP contribution in [0, 0.1) is 0 Å². The van der Waals surface area contributed by atoms with Crippen LogP contribution in [0.15, 0.2) is 24.4 Å².